The average Bonchev–Trinajstić information content (AvgIpc) is 2.18. The van der Waals surface area contributed by atoms with Crippen LogP contribution in [0.15, 0.2) is 0 Å². The van der Waals surface area contributed by atoms with E-state index in [1.165, 1.54) is 0 Å². The fraction of sp³-hybridized carbons (Fsp3) is 1.00. The number of aliphatic hydroxyl groups is 1. The van der Waals surface area contributed by atoms with E-state index >= 15 is 0 Å². The Morgan fingerprint density at radius 1 is 1.33 bits per heavy atom. The summed E-state index contributed by atoms with van der Waals surface area (Å²) in [7, 11) is -1.67. The monoisotopic (exact) mass is 273 g/mol. The molecule has 0 bridgehead atoms. The van der Waals surface area contributed by atoms with Gasteiger partial charge in [-0.25, -0.2) is 0 Å². The van der Waals surface area contributed by atoms with Crippen LogP contribution in [0.3, 0.4) is 0 Å². The normalized spacial score (nSPS) is 29.3. The van der Waals surface area contributed by atoms with Gasteiger partial charge in [-0.2, -0.15) is 0 Å². The van der Waals surface area contributed by atoms with E-state index < -0.39 is 8.32 Å². The molecule has 1 fully saturated rings. The molecular weight excluding hydrogens is 242 g/mol. The van der Waals surface area contributed by atoms with Gasteiger partial charge < -0.3 is 14.8 Å². The standard InChI is InChI=1S/C14H31NO2Si/c1-13(2,3)18(6,7)17-9-11-8-12(16)14(4,5)10-15-11/h11-12,15-16H,8-10H2,1-7H3/t11-,12?/m0/s1. The number of piperidine rings is 1. The lowest BCUT2D eigenvalue weighted by molar-refractivity contribution is -0.000171. The maximum Gasteiger partial charge on any atom is 0.192 e. The van der Waals surface area contributed by atoms with Crippen molar-refractivity contribution >= 4 is 8.32 Å². The Morgan fingerprint density at radius 2 is 1.89 bits per heavy atom. The van der Waals surface area contributed by atoms with E-state index in [9.17, 15) is 5.11 Å². The number of nitrogens with one attached hydrogen (secondary N) is 1. The molecule has 0 aromatic heterocycles. The molecule has 18 heavy (non-hydrogen) atoms. The molecule has 1 saturated heterocycles. The van der Waals surface area contributed by atoms with Crippen LogP contribution >= 0.6 is 0 Å². The van der Waals surface area contributed by atoms with Gasteiger partial charge in [0.15, 0.2) is 8.32 Å². The molecule has 0 radical (unpaired) electrons. The highest BCUT2D eigenvalue weighted by molar-refractivity contribution is 6.74. The number of hydrogen-bond acceptors (Lipinski definition) is 3. The maximum atomic E-state index is 10.1. The molecule has 1 unspecified atom stereocenters. The molecule has 1 aliphatic rings. The van der Waals surface area contributed by atoms with Crippen molar-refractivity contribution in [3.8, 4) is 0 Å². The lowest BCUT2D eigenvalue weighted by Crippen LogP contribution is -2.54. The van der Waals surface area contributed by atoms with Crippen LogP contribution in [0.5, 0.6) is 0 Å². The molecule has 0 aromatic rings. The summed E-state index contributed by atoms with van der Waals surface area (Å²) in [5.41, 5.74) is -0.0204. The SMILES string of the molecule is CC1(C)CN[C@H](CO[Si](C)(C)C(C)(C)C)CC1O. The van der Waals surface area contributed by atoms with Gasteiger partial charge in [-0.05, 0) is 24.6 Å². The Labute approximate surface area is 113 Å². The van der Waals surface area contributed by atoms with Crippen molar-refractivity contribution in [2.75, 3.05) is 13.2 Å². The van der Waals surface area contributed by atoms with Crippen LogP contribution < -0.4 is 5.32 Å². The highest BCUT2D eigenvalue weighted by atomic mass is 28.4. The Hall–Kier alpha value is 0.0969. The zero-order valence-corrected chi connectivity index (χ0v) is 14.1. The van der Waals surface area contributed by atoms with Crippen LogP contribution in [0.4, 0.5) is 0 Å². The molecule has 0 saturated carbocycles. The quantitative estimate of drug-likeness (QED) is 0.777. The van der Waals surface area contributed by atoms with Crippen molar-refractivity contribution in [3.63, 3.8) is 0 Å². The van der Waals surface area contributed by atoms with Gasteiger partial charge in [0.2, 0.25) is 0 Å². The summed E-state index contributed by atoms with van der Waals surface area (Å²) in [5.74, 6) is 0. The Kier molecular flexibility index (Phi) is 4.70. The van der Waals surface area contributed by atoms with Gasteiger partial charge in [-0.3, -0.25) is 0 Å². The lowest BCUT2D eigenvalue weighted by Gasteiger charge is -2.42. The summed E-state index contributed by atoms with van der Waals surface area (Å²) in [6.07, 6.45) is 0.563. The van der Waals surface area contributed by atoms with Crippen LogP contribution in [0, 0.1) is 5.41 Å². The first-order valence-electron chi connectivity index (χ1n) is 7.01. The van der Waals surface area contributed by atoms with Gasteiger partial charge in [-0.1, -0.05) is 34.6 Å². The summed E-state index contributed by atoms with van der Waals surface area (Å²) in [4.78, 5) is 0. The van der Waals surface area contributed by atoms with Crippen molar-refractivity contribution in [1.82, 2.24) is 5.32 Å². The van der Waals surface area contributed by atoms with Crippen LogP contribution in [0.2, 0.25) is 18.1 Å². The Morgan fingerprint density at radius 3 is 2.33 bits per heavy atom. The van der Waals surface area contributed by atoms with Gasteiger partial charge in [0, 0.05) is 24.6 Å². The highest BCUT2D eigenvalue weighted by Gasteiger charge is 2.39. The minimum atomic E-state index is -1.67. The summed E-state index contributed by atoms with van der Waals surface area (Å²) in [6, 6.07) is 0.294. The van der Waals surface area contributed by atoms with Gasteiger partial charge >= 0.3 is 0 Å². The van der Waals surface area contributed by atoms with E-state index in [2.05, 4.69) is 53.0 Å². The molecule has 1 rings (SSSR count). The fourth-order valence-corrected chi connectivity index (χ4v) is 2.90. The molecule has 1 aliphatic heterocycles. The summed E-state index contributed by atoms with van der Waals surface area (Å²) < 4.78 is 6.22. The Balaban J connectivity index is 2.47. The predicted molar refractivity (Wildman–Crippen MR) is 79.3 cm³/mol. The second kappa shape index (κ2) is 5.23. The van der Waals surface area contributed by atoms with Crippen LogP contribution in [-0.4, -0.2) is 38.7 Å². The third-order valence-electron chi connectivity index (χ3n) is 4.71. The number of hydrogen-bond donors (Lipinski definition) is 2. The largest absolute Gasteiger partial charge is 0.415 e. The molecule has 0 spiro atoms. The van der Waals surface area contributed by atoms with E-state index in [0.29, 0.717) is 6.04 Å². The molecule has 0 aliphatic carbocycles. The first kappa shape index (κ1) is 16.2. The molecule has 1 heterocycles. The van der Waals surface area contributed by atoms with Crippen molar-refractivity contribution < 1.29 is 9.53 Å². The molecule has 108 valence electrons. The van der Waals surface area contributed by atoms with E-state index in [1.54, 1.807) is 0 Å². The third-order valence-corrected chi connectivity index (χ3v) is 9.21. The summed E-state index contributed by atoms with van der Waals surface area (Å²) in [6.45, 7) is 17.1. The number of rotatable bonds is 3. The summed E-state index contributed by atoms with van der Waals surface area (Å²) >= 11 is 0. The first-order valence-corrected chi connectivity index (χ1v) is 9.92. The van der Waals surface area contributed by atoms with Crippen molar-refractivity contribution in [1.29, 1.82) is 0 Å². The molecule has 4 heteroatoms. The maximum absolute atomic E-state index is 10.1. The molecular formula is C14H31NO2Si. The van der Waals surface area contributed by atoms with Crippen molar-refractivity contribution in [2.24, 2.45) is 5.41 Å². The Bertz CT molecular complexity index is 284. The smallest absolute Gasteiger partial charge is 0.192 e. The lowest BCUT2D eigenvalue weighted by atomic mass is 9.80. The van der Waals surface area contributed by atoms with Gasteiger partial charge in [0.25, 0.3) is 0 Å². The third kappa shape index (κ3) is 3.79. The van der Waals surface area contributed by atoms with Crippen LogP contribution in [-0.2, 0) is 4.43 Å². The minimum Gasteiger partial charge on any atom is -0.415 e. The fourth-order valence-electron chi connectivity index (χ4n) is 1.85. The average molecular weight is 273 g/mol. The van der Waals surface area contributed by atoms with Gasteiger partial charge in [0.05, 0.1) is 6.10 Å². The van der Waals surface area contributed by atoms with E-state index in [1.807, 2.05) is 0 Å². The number of aliphatic hydroxyl groups excluding tert-OH is 1. The molecule has 0 aromatic carbocycles. The van der Waals surface area contributed by atoms with E-state index in [-0.39, 0.29) is 16.6 Å². The summed E-state index contributed by atoms with van der Waals surface area (Å²) in [5, 5.41) is 13.9. The molecule has 3 nitrogen and oxygen atoms in total. The van der Waals surface area contributed by atoms with Crippen LogP contribution in [0.25, 0.3) is 0 Å². The second-order valence-electron chi connectivity index (χ2n) is 7.89. The van der Waals surface area contributed by atoms with Crippen molar-refractivity contribution in [2.45, 2.75) is 71.3 Å². The molecule has 2 N–H and O–H groups in total. The minimum absolute atomic E-state index is 0.0204. The van der Waals surface area contributed by atoms with Gasteiger partial charge in [0.1, 0.15) is 0 Å². The molecule has 2 atom stereocenters. The van der Waals surface area contributed by atoms with Crippen molar-refractivity contribution in [3.05, 3.63) is 0 Å². The topological polar surface area (TPSA) is 41.5 Å². The van der Waals surface area contributed by atoms with E-state index in [4.69, 9.17) is 4.43 Å². The second-order valence-corrected chi connectivity index (χ2v) is 12.7. The highest BCUT2D eigenvalue weighted by Crippen LogP contribution is 2.37. The zero-order chi connectivity index (χ0) is 14.2. The zero-order valence-electron chi connectivity index (χ0n) is 13.1. The van der Waals surface area contributed by atoms with E-state index in [0.717, 1.165) is 19.6 Å². The molecule has 0 amide bonds. The van der Waals surface area contributed by atoms with Crippen LogP contribution in [0.1, 0.15) is 41.0 Å². The predicted octanol–water partition coefficient (Wildman–Crippen LogP) is 2.76. The van der Waals surface area contributed by atoms with Gasteiger partial charge in [-0.15, -0.1) is 0 Å². The first-order chi connectivity index (χ1) is 7.96.